The van der Waals surface area contributed by atoms with Crippen molar-refractivity contribution in [2.75, 3.05) is 12.3 Å². The lowest BCUT2D eigenvalue weighted by Crippen LogP contribution is -2.25. The second-order valence-electron chi connectivity index (χ2n) is 3.88. The van der Waals surface area contributed by atoms with Crippen LogP contribution in [0.2, 0.25) is 0 Å². The predicted octanol–water partition coefficient (Wildman–Crippen LogP) is 2.99. The van der Waals surface area contributed by atoms with Crippen LogP contribution in [0.3, 0.4) is 0 Å². The Morgan fingerprint density at radius 1 is 1.56 bits per heavy atom. The molecule has 1 aliphatic rings. The Bertz CT molecular complexity index is 526. The van der Waals surface area contributed by atoms with E-state index in [1.165, 1.54) is 11.6 Å². The summed E-state index contributed by atoms with van der Waals surface area (Å²) >= 11 is 5.05. The Morgan fingerprint density at radius 3 is 3.06 bits per heavy atom. The fraction of sp³-hybridized carbons (Fsp3) is 0.231. The van der Waals surface area contributed by atoms with Crippen LogP contribution in [0, 0.1) is 6.92 Å². The van der Waals surface area contributed by atoms with Gasteiger partial charge in [-0.1, -0.05) is 39.8 Å². The summed E-state index contributed by atoms with van der Waals surface area (Å²) in [4.78, 5) is 15.8. The monoisotopic (exact) mass is 324 g/mol. The molecular weight excluding hydrogens is 312 g/mol. The molecule has 1 aromatic rings. The van der Waals surface area contributed by atoms with Gasteiger partial charge in [0.15, 0.2) is 5.17 Å². The number of amides is 1. The van der Waals surface area contributed by atoms with Crippen molar-refractivity contribution in [1.82, 2.24) is 5.32 Å². The molecule has 0 aromatic heterocycles. The van der Waals surface area contributed by atoms with Gasteiger partial charge in [-0.25, -0.2) is 0 Å². The van der Waals surface area contributed by atoms with Gasteiger partial charge in [-0.05, 0) is 30.2 Å². The summed E-state index contributed by atoms with van der Waals surface area (Å²) in [7, 11) is 0. The van der Waals surface area contributed by atoms with Gasteiger partial charge in [-0.3, -0.25) is 9.79 Å². The molecule has 0 radical (unpaired) electrons. The Hall–Kier alpha value is -1.07. The highest BCUT2D eigenvalue weighted by molar-refractivity contribution is 9.10. The topological polar surface area (TPSA) is 41.5 Å². The molecule has 1 amide bonds. The van der Waals surface area contributed by atoms with Gasteiger partial charge >= 0.3 is 0 Å². The molecule has 0 unspecified atom stereocenters. The number of nitrogens with zero attached hydrogens (tertiary/aromatic N) is 1. The molecule has 0 saturated heterocycles. The number of nitrogens with one attached hydrogen (secondary N) is 1. The van der Waals surface area contributed by atoms with E-state index < -0.39 is 0 Å². The van der Waals surface area contributed by atoms with Crippen LogP contribution in [0.25, 0.3) is 6.08 Å². The average Bonchev–Trinajstić information content (AvgIpc) is 2.80. The third kappa shape index (κ3) is 3.71. The van der Waals surface area contributed by atoms with Gasteiger partial charge in [-0.2, -0.15) is 0 Å². The minimum absolute atomic E-state index is 0.143. The molecule has 0 bridgehead atoms. The number of halogens is 1. The molecule has 94 valence electrons. The standard InChI is InChI=1S/C13H13BrN2OS/c1-9-2-3-10(11(14)8-9)4-5-12(17)16-13-15-6-7-18-13/h2-5,8H,6-7H2,1H3,(H,15,16,17)/b5-4+. The van der Waals surface area contributed by atoms with Gasteiger partial charge in [0.25, 0.3) is 0 Å². The van der Waals surface area contributed by atoms with E-state index in [1.807, 2.05) is 25.1 Å². The summed E-state index contributed by atoms with van der Waals surface area (Å²) < 4.78 is 0.985. The van der Waals surface area contributed by atoms with Crippen molar-refractivity contribution < 1.29 is 4.79 Å². The summed E-state index contributed by atoms with van der Waals surface area (Å²) in [5.74, 6) is 0.804. The smallest absolute Gasteiger partial charge is 0.249 e. The Morgan fingerprint density at radius 2 is 2.39 bits per heavy atom. The molecule has 0 spiro atoms. The van der Waals surface area contributed by atoms with Crippen LogP contribution in [0.5, 0.6) is 0 Å². The molecule has 1 heterocycles. The number of rotatable bonds is 2. The minimum Gasteiger partial charge on any atom is -0.302 e. The first-order valence-electron chi connectivity index (χ1n) is 5.57. The maximum absolute atomic E-state index is 11.6. The largest absolute Gasteiger partial charge is 0.302 e. The van der Waals surface area contributed by atoms with Crippen LogP contribution < -0.4 is 5.32 Å². The van der Waals surface area contributed by atoms with Crippen LogP contribution in [0.15, 0.2) is 33.7 Å². The molecular formula is C13H13BrN2OS. The molecule has 18 heavy (non-hydrogen) atoms. The van der Waals surface area contributed by atoms with E-state index in [-0.39, 0.29) is 5.91 Å². The van der Waals surface area contributed by atoms with E-state index in [0.717, 1.165) is 22.3 Å². The van der Waals surface area contributed by atoms with Crippen molar-refractivity contribution in [2.24, 2.45) is 4.99 Å². The average molecular weight is 325 g/mol. The summed E-state index contributed by atoms with van der Waals surface area (Å²) in [6.45, 7) is 2.81. The van der Waals surface area contributed by atoms with Gasteiger partial charge < -0.3 is 5.32 Å². The number of thioether (sulfide) groups is 1. The van der Waals surface area contributed by atoms with Crippen LogP contribution in [0.4, 0.5) is 0 Å². The molecule has 0 fully saturated rings. The second kappa shape index (κ2) is 6.20. The summed E-state index contributed by atoms with van der Waals surface area (Å²) in [5, 5.41) is 3.47. The van der Waals surface area contributed by atoms with Crippen LogP contribution in [-0.4, -0.2) is 23.4 Å². The van der Waals surface area contributed by atoms with Gasteiger partial charge in [0.1, 0.15) is 0 Å². The minimum atomic E-state index is -0.143. The van der Waals surface area contributed by atoms with Gasteiger partial charge in [0.05, 0.1) is 6.54 Å². The van der Waals surface area contributed by atoms with Gasteiger partial charge in [0, 0.05) is 16.3 Å². The summed E-state index contributed by atoms with van der Waals surface area (Å²) in [6.07, 6.45) is 3.32. The van der Waals surface area contributed by atoms with E-state index in [4.69, 9.17) is 0 Å². The van der Waals surface area contributed by atoms with Gasteiger partial charge in [-0.15, -0.1) is 0 Å². The van der Waals surface area contributed by atoms with Crippen LogP contribution in [-0.2, 0) is 4.79 Å². The molecule has 0 aliphatic carbocycles. The molecule has 3 nitrogen and oxygen atoms in total. The van der Waals surface area contributed by atoms with Crippen molar-refractivity contribution in [3.63, 3.8) is 0 Å². The number of benzene rings is 1. The molecule has 0 atom stereocenters. The Labute approximate surface area is 119 Å². The van der Waals surface area contributed by atoms with E-state index in [1.54, 1.807) is 17.8 Å². The SMILES string of the molecule is Cc1ccc(/C=C/C(=O)NC2=NCCS2)c(Br)c1. The van der Waals surface area contributed by atoms with E-state index >= 15 is 0 Å². The first-order valence-corrected chi connectivity index (χ1v) is 7.35. The number of hydrogen-bond acceptors (Lipinski definition) is 3. The second-order valence-corrected chi connectivity index (χ2v) is 5.82. The number of carbonyl (C=O) groups is 1. The zero-order chi connectivity index (χ0) is 13.0. The normalized spacial score (nSPS) is 14.9. The number of hydrogen-bond donors (Lipinski definition) is 1. The van der Waals surface area contributed by atoms with Crippen molar-refractivity contribution in [2.45, 2.75) is 6.92 Å². The molecule has 1 aromatic carbocycles. The molecule has 0 saturated carbocycles. The Kier molecular flexibility index (Phi) is 4.60. The maximum Gasteiger partial charge on any atom is 0.249 e. The third-order valence-corrected chi connectivity index (χ3v) is 3.96. The molecule has 5 heteroatoms. The summed E-state index contributed by atoms with van der Waals surface area (Å²) in [5.41, 5.74) is 2.16. The zero-order valence-corrected chi connectivity index (χ0v) is 12.3. The Balaban J connectivity index is 1.99. The molecule has 2 rings (SSSR count). The quantitative estimate of drug-likeness (QED) is 0.850. The van der Waals surface area contributed by atoms with E-state index in [0.29, 0.717) is 5.17 Å². The zero-order valence-electron chi connectivity index (χ0n) is 9.94. The molecule has 1 N–H and O–H groups in total. The number of aryl methyl sites for hydroxylation is 1. The maximum atomic E-state index is 11.6. The lowest BCUT2D eigenvalue weighted by molar-refractivity contribution is -0.115. The van der Waals surface area contributed by atoms with Crippen LogP contribution in [0.1, 0.15) is 11.1 Å². The number of carbonyl (C=O) groups excluding carboxylic acids is 1. The first kappa shape index (κ1) is 13.4. The highest BCUT2D eigenvalue weighted by Gasteiger charge is 2.08. The lowest BCUT2D eigenvalue weighted by Gasteiger charge is -2.01. The first-order chi connectivity index (χ1) is 8.65. The van der Waals surface area contributed by atoms with E-state index in [9.17, 15) is 4.79 Å². The van der Waals surface area contributed by atoms with Crippen LogP contribution >= 0.6 is 27.7 Å². The van der Waals surface area contributed by atoms with Crippen molar-refractivity contribution >= 4 is 44.8 Å². The third-order valence-electron chi connectivity index (χ3n) is 2.39. The fourth-order valence-electron chi connectivity index (χ4n) is 1.49. The van der Waals surface area contributed by atoms with Crippen molar-refractivity contribution in [3.05, 3.63) is 39.9 Å². The highest BCUT2D eigenvalue weighted by atomic mass is 79.9. The summed E-state index contributed by atoms with van der Waals surface area (Å²) in [6, 6.07) is 6.01. The van der Waals surface area contributed by atoms with Gasteiger partial charge in [0.2, 0.25) is 5.91 Å². The fourth-order valence-corrected chi connectivity index (χ4v) is 2.85. The highest BCUT2D eigenvalue weighted by Crippen LogP contribution is 2.19. The number of amidine groups is 1. The lowest BCUT2D eigenvalue weighted by atomic mass is 10.1. The van der Waals surface area contributed by atoms with Crippen molar-refractivity contribution in [3.8, 4) is 0 Å². The number of aliphatic imine (C=N–C) groups is 1. The predicted molar refractivity (Wildman–Crippen MR) is 80.8 cm³/mol. The molecule has 1 aliphatic heterocycles. The van der Waals surface area contributed by atoms with Crippen molar-refractivity contribution in [1.29, 1.82) is 0 Å². The van der Waals surface area contributed by atoms with E-state index in [2.05, 4.69) is 26.2 Å².